The predicted octanol–water partition coefficient (Wildman–Crippen LogP) is 1.28. The maximum Gasteiger partial charge on any atom is 0.341 e. The van der Waals surface area contributed by atoms with Gasteiger partial charge in [0, 0.05) is 11.5 Å². The Morgan fingerprint density at radius 1 is 1.07 bits per heavy atom. The number of ether oxygens (including phenoxy) is 1. The van der Waals surface area contributed by atoms with E-state index in [9.17, 15) is 33.2 Å². The first-order chi connectivity index (χ1) is 19.7. The summed E-state index contributed by atoms with van der Waals surface area (Å²) in [6.45, 7) is 6.23. The van der Waals surface area contributed by atoms with Gasteiger partial charge in [0.15, 0.2) is 11.5 Å². The number of nitrogen functional groups attached to an aromatic ring is 1. The van der Waals surface area contributed by atoms with E-state index in [2.05, 4.69) is 37.5 Å². The highest BCUT2D eigenvalue weighted by Crippen LogP contribution is 2.62. The molecule has 0 saturated carbocycles. The first-order valence-electron chi connectivity index (χ1n) is 11.5. The molecule has 19 nitrogen and oxygen atoms in total. The second-order valence-electron chi connectivity index (χ2n) is 8.50. The first kappa shape index (κ1) is 30.0. The van der Waals surface area contributed by atoms with Crippen molar-refractivity contribution in [2.24, 2.45) is 0 Å². The van der Waals surface area contributed by atoms with Crippen LogP contribution < -0.4 is 30.6 Å². The molecule has 0 aliphatic carbocycles. The van der Waals surface area contributed by atoms with Gasteiger partial charge in [-0.3, -0.25) is 23.1 Å². The van der Waals surface area contributed by atoms with E-state index in [1.165, 1.54) is 24.8 Å². The third kappa shape index (κ3) is 6.75. The van der Waals surface area contributed by atoms with Crippen LogP contribution >= 0.6 is 23.5 Å². The molecule has 1 aliphatic rings. The van der Waals surface area contributed by atoms with Crippen LogP contribution in [-0.2, 0) is 31.6 Å². The molecule has 2 N–H and O–H groups in total. The fraction of sp³-hybridized carbons (Fsp3) is 0.250. The summed E-state index contributed by atoms with van der Waals surface area (Å²) >= 11 is 0. The van der Waals surface area contributed by atoms with E-state index < -0.39 is 53.8 Å². The van der Waals surface area contributed by atoms with Crippen molar-refractivity contribution in [3.8, 4) is 5.75 Å². The Kier molecular flexibility index (Phi) is 8.05. The van der Waals surface area contributed by atoms with Gasteiger partial charge >= 0.3 is 13.4 Å². The van der Waals surface area contributed by atoms with Crippen LogP contribution in [0.15, 0.2) is 46.1 Å². The fourth-order valence-electron chi connectivity index (χ4n) is 3.91. The summed E-state index contributed by atoms with van der Waals surface area (Å²) in [6, 6.07) is 4.33. The monoisotopic (exact) mass is 641 g/mol. The maximum atomic E-state index is 12.2. The molecule has 1 aliphatic heterocycles. The van der Waals surface area contributed by atoms with Gasteiger partial charge in [-0.2, -0.15) is 0 Å². The highest BCUT2D eigenvalue weighted by atomic mass is 31.3. The van der Waals surface area contributed by atoms with E-state index in [-0.39, 0.29) is 28.9 Å². The maximum absolute atomic E-state index is 12.2. The normalized spacial score (nSPS) is 21.4. The van der Waals surface area contributed by atoms with Gasteiger partial charge < -0.3 is 38.6 Å². The third-order valence-corrected chi connectivity index (χ3v) is 9.73. The first-order valence-corrected chi connectivity index (χ1v) is 15.9. The van der Waals surface area contributed by atoms with Gasteiger partial charge in [0.25, 0.3) is 21.3 Å². The predicted molar refractivity (Wildman–Crippen MR) is 133 cm³/mol. The zero-order chi connectivity index (χ0) is 30.3. The average Bonchev–Trinajstić information content (AvgIpc) is 3.53. The Morgan fingerprint density at radius 2 is 1.83 bits per heavy atom. The Labute approximate surface area is 234 Å². The van der Waals surface area contributed by atoms with Crippen molar-refractivity contribution in [2.45, 2.75) is 25.2 Å². The zero-order valence-corrected chi connectivity index (χ0v) is 23.4. The standard InChI is InChI=1S/C20H19N6O13P3/c1-22-14-6-11-2-3-12(7-15(11)36-20(14)27)37-41(30,31)39-42(32,33)38-40(28,29)34-8-13-4-5-16(35-13)26-10-25-17-18(21)23-9-24-19(17)26/h2-3,6-7,9-10,13,16H,4-5,8H2,(H,28,29)(H,30,31)(H,32,33)(H2,21,23,24)/p-3/t13-,16+/m0/s1. The molecule has 222 valence electrons. The summed E-state index contributed by atoms with van der Waals surface area (Å²) in [7, 11) is -17.6. The lowest BCUT2D eigenvalue weighted by Gasteiger charge is -2.34. The zero-order valence-electron chi connectivity index (χ0n) is 20.7. The molecule has 22 heteroatoms. The number of phosphoric ester groups is 2. The van der Waals surface area contributed by atoms with Crippen LogP contribution in [0, 0.1) is 6.57 Å². The number of nitrogens with two attached hydrogens (primary N) is 1. The van der Waals surface area contributed by atoms with E-state index in [1.54, 1.807) is 4.57 Å². The topological polar surface area (TPSA) is 271 Å². The number of fused-ring (bicyclic) bond motifs is 2. The van der Waals surface area contributed by atoms with Gasteiger partial charge in [0.05, 0.1) is 25.6 Å². The third-order valence-electron chi connectivity index (χ3n) is 5.63. The second-order valence-corrected chi connectivity index (χ2v) is 12.9. The summed E-state index contributed by atoms with van der Waals surface area (Å²) in [4.78, 5) is 63.1. The van der Waals surface area contributed by atoms with Crippen LogP contribution in [-0.4, -0.2) is 32.2 Å². The summed E-state index contributed by atoms with van der Waals surface area (Å²) < 4.78 is 65.3. The van der Waals surface area contributed by atoms with Crippen molar-refractivity contribution in [3.63, 3.8) is 0 Å². The summed E-state index contributed by atoms with van der Waals surface area (Å²) in [5, 5.41) is 0.228. The van der Waals surface area contributed by atoms with Gasteiger partial charge in [0.2, 0.25) is 0 Å². The number of hydrogen-bond acceptors (Lipinski definition) is 17. The number of anilines is 1. The van der Waals surface area contributed by atoms with Gasteiger partial charge in [-0.05, 0) is 31.0 Å². The smallest absolute Gasteiger partial charge is 0.341 e. The molecule has 0 radical (unpaired) electrons. The van der Waals surface area contributed by atoms with Crippen LogP contribution in [0.5, 0.6) is 5.75 Å². The molecule has 1 saturated heterocycles. The Morgan fingerprint density at radius 3 is 2.60 bits per heavy atom. The van der Waals surface area contributed by atoms with Gasteiger partial charge in [-0.1, -0.05) is 0 Å². The molecule has 3 aromatic heterocycles. The van der Waals surface area contributed by atoms with Crippen LogP contribution in [0.4, 0.5) is 11.5 Å². The Bertz CT molecular complexity index is 1920. The quantitative estimate of drug-likeness (QED) is 0.145. The minimum atomic E-state index is -6.12. The van der Waals surface area contributed by atoms with Crippen molar-refractivity contribution >= 4 is 57.1 Å². The molecular weight excluding hydrogens is 625 g/mol. The number of nitrogens with zero attached hydrogens (tertiary/aromatic N) is 5. The lowest BCUT2D eigenvalue weighted by atomic mass is 10.2. The molecular formula is C20H16N6O13P3-3. The van der Waals surface area contributed by atoms with Gasteiger partial charge in [0.1, 0.15) is 29.4 Å². The lowest BCUT2D eigenvalue weighted by Crippen LogP contribution is -2.21. The van der Waals surface area contributed by atoms with E-state index >= 15 is 0 Å². The number of imidazole rings is 1. The molecule has 4 heterocycles. The molecule has 0 bridgehead atoms. The molecule has 3 unspecified atom stereocenters. The van der Waals surface area contributed by atoms with E-state index in [1.807, 2.05) is 0 Å². The number of rotatable bonds is 10. The highest BCUT2D eigenvalue weighted by Gasteiger charge is 2.31. The SMILES string of the molecule is [C-]#[N+]c1cc2ccc(OP(=O)([O-])OP(=O)([O-])OP(=O)([O-])OC[C@@H]3CC[C@H](n4cnc5c(N)ncnc54)O3)cc2oc1=O. The number of benzene rings is 1. The average molecular weight is 641 g/mol. The van der Waals surface area contributed by atoms with E-state index in [4.69, 9.17) is 21.5 Å². The Hall–Kier alpha value is -3.52. The van der Waals surface area contributed by atoms with Gasteiger partial charge in [-0.15, -0.1) is 0 Å². The van der Waals surface area contributed by atoms with Crippen LogP contribution in [0.2, 0.25) is 0 Å². The fourth-order valence-corrected chi connectivity index (χ4v) is 7.30. The molecule has 4 aromatic rings. The minimum absolute atomic E-state index is 0.153. The summed E-state index contributed by atoms with van der Waals surface area (Å²) in [5.74, 6) is -0.408. The Balaban J connectivity index is 1.17. The lowest BCUT2D eigenvalue weighted by molar-refractivity contribution is -0.249. The number of phosphoric acid groups is 3. The van der Waals surface area contributed by atoms with Crippen molar-refractivity contribution in [3.05, 3.63) is 58.8 Å². The van der Waals surface area contributed by atoms with Crippen molar-refractivity contribution in [1.82, 2.24) is 19.5 Å². The molecule has 5 atom stereocenters. The molecule has 0 amide bonds. The van der Waals surface area contributed by atoms with Crippen LogP contribution in [0.3, 0.4) is 0 Å². The largest absolute Gasteiger partial charge is 0.756 e. The summed E-state index contributed by atoms with van der Waals surface area (Å²) in [6.07, 6.45) is 1.85. The molecule has 1 aromatic carbocycles. The van der Waals surface area contributed by atoms with Crippen molar-refractivity contribution in [2.75, 3.05) is 12.3 Å². The van der Waals surface area contributed by atoms with Gasteiger partial charge in [-0.25, -0.2) is 28.4 Å². The van der Waals surface area contributed by atoms with E-state index in [0.29, 0.717) is 17.6 Å². The molecule has 5 rings (SSSR count). The molecule has 1 fully saturated rings. The molecule has 0 spiro atoms. The van der Waals surface area contributed by atoms with Crippen LogP contribution in [0.1, 0.15) is 19.1 Å². The van der Waals surface area contributed by atoms with Crippen molar-refractivity contribution in [1.29, 1.82) is 0 Å². The molecule has 42 heavy (non-hydrogen) atoms. The van der Waals surface area contributed by atoms with Crippen LogP contribution in [0.25, 0.3) is 27.0 Å². The van der Waals surface area contributed by atoms with Crippen molar-refractivity contribution < 1.29 is 55.2 Å². The summed E-state index contributed by atoms with van der Waals surface area (Å²) in [5.41, 5.74) is 4.95. The second kappa shape index (κ2) is 11.3. The minimum Gasteiger partial charge on any atom is -0.756 e. The highest BCUT2D eigenvalue weighted by molar-refractivity contribution is 7.65. The number of aromatic nitrogens is 4. The number of hydrogen-bond donors (Lipinski definition) is 1. The van der Waals surface area contributed by atoms with E-state index in [0.717, 1.165) is 12.1 Å².